The highest BCUT2D eigenvalue weighted by atomic mass is 35.5. The number of rotatable bonds is 45. The molecule has 2 aromatic rings. The van der Waals surface area contributed by atoms with Crippen LogP contribution in [0.4, 0.5) is 0 Å². The number of Topliss-reactive ketones (excluding diaryl/α,β-unsaturated/α-hetero) is 2. The van der Waals surface area contributed by atoms with E-state index in [1.807, 2.05) is 149 Å². The standard InChI is InChI=1S/C49H78ClN5O8.C44H70ClN5O7/c1-18-30(5)42(36(11)56)52-41(57)28-53(15)47(61)40(27-37-22-24-38(50)25-23-37)55(17)46(60)35(10)51-44(58)39(26-29(3)4)54(16)45(59)33(8)21-20-32(7)34(9)43(31(6)19-2)63-48(62)49(12,13)14;1-15-27(5)39(33(11)51)47-38(52)25-48(12)44(57)37(24-34-19-21-35(45)22-20-34)50(14)43(56)32(10)46-41(54)36(23-26(3)4)49(13)42(55)30(8)18-17-29(7)31(9)40(53)28(6)16-2/h19,21-25,29-30,32,34-35,39-40,42-43H,18,20,26-28H2,1-17H3,(H,51,58)(H,52,57);16,18-22,26-27,29,31-32,36-37,39-40,53H,15,17,23-25H2,1-14H3,(H,46,54)(H,47,52)/b31-19+,33-21+;28-16+,30-18+/t30-,32?,34-,35-,39+,40+,42?,43?;27-,29-,31-,32-,36+,37+,39?,40+/m00/s1. The number of allylic oxidation sites excluding steroid dienone is 4. The highest BCUT2D eigenvalue weighted by molar-refractivity contribution is 6.30. The quantitative estimate of drug-likeness (QED) is 0.0234. The van der Waals surface area contributed by atoms with Crippen molar-refractivity contribution in [2.24, 2.45) is 52.8 Å². The van der Waals surface area contributed by atoms with Gasteiger partial charge in [-0.3, -0.25) is 62.3 Å². The maximum Gasteiger partial charge on any atom is 0.311 e. The first kappa shape index (κ1) is 109. The van der Waals surface area contributed by atoms with Crippen molar-refractivity contribution < 1.29 is 72.2 Å². The lowest BCUT2D eigenvalue weighted by Gasteiger charge is -2.34. The fourth-order valence-electron chi connectivity index (χ4n) is 13.6. The summed E-state index contributed by atoms with van der Waals surface area (Å²) in [4.78, 5) is 183. The number of nitrogens with zero attached hydrogens (tertiary/aromatic N) is 6. The molecule has 0 saturated carbocycles. The molecular weight excluding hydrogens is 1570 g/mol. The van der Waals surface area contributed by atoms with Gasteiger partial charge in [0.05, 0.1) is 36.7 Å². The van der Waals surface area contributed by atoms with Crippen LogP contribution in [0.25, 0.3) is 0 Å². The van der Waals surface area contributed by atoms with Crippen molar-refractivity contribution in [3.63, 3.8) is 0 Å². The number of aliphatic hydroxyl groups is 1. The number of nitrogens with one attached hydrogen (secondary N) is 4. The van der Waals surface area contributed by atoms with Gasteiger partial charge in [0.2, 0.25) is 59.1 Å². The van der Waals surface area contributed by atoms with Crippen LogP contribution in [0.15, 0.2) is 95.1 Å². The van der Waals surface area contributed by atoms with Gasteiger partial charge in [0.15, 0.2) is 11.6 Å². The lowest BCUT2D eigenvalue weighted by molar-refractivity contribution is -0.159. The van der Waals surface area contributed by atoms with Crippen LogP contribution in [0.2, 0.25) is 10.0 Å². The number of carbonyl (C=O) groups excluding carboxylic acids is 13. The molecule has 674 valence electrons. The second kappa shape index (κ2) is 52.0. The molecule has 120 heavy (non-hydrogen) atoms. The van der Waals surface area contributed by atoms with Crippen molar-refractivity contribution in [2.45, 2.75) is 285 Å². The second-order valence-corrected chi connectivity index (χ2v) is 36.0. The van der Waals surface area contributed by atoms with Gasteiger partial charge in [0.25, 0.3) is 0 Å². The lowest BCUT2D eigenvalue weighted by atomic mass is 9.84. The van der Waals surface area contributed by atoms with Crippen molar-refractivity contribution in [1.82, 2.24) is 50.7 Å². The van der Waals surface area contributed by atoms with Gasteiger partial charge in [0.1, 0.15) is 42.4 Å². The monoisotopic (exact) mass is 1720 g/mol. The number of hydrogen-bond donors (Lipinski definition) is 5. The van der Waals surface area contributed by atoms with E-state index < -0.39 is 113 Å². The predicted molar refractivity (Wildman–Crippen MR) is 478 cm³/mol. The Hall–Kier alpha value is -8.55. The fraction of sp³-hybridized carbons (Fsp3) is 0.645. The highest BCUT2D eigenvalue weighted by Gasteiger charge is 2.40. The molecule has 0 aliphatic heterocycles. The Kier molecular flexibility index (Phi) is 47.5. The van der Waals surface area contributed by atoms with E-state index >= 15 is 0 Å². The van der Waals surface area contributed by atoms with Gasteiger partial charge in [-0.15, -0.1) is 0 Å². The minimum Gasteiger partial charge on any atom is -0.457 e. The van der Waals surface area contributed by atoms with Crippen molar-refractivity contribution in [3.8, 4) is 0 Å². The molecule has 2 aromatic carbocycles. The number of benzene rings is 2. The number of esters is 1. The normalized spacial score (nSPS) is 16.2. The lowest BCUT2D eigenvalue weighted by Crippen LogP contribution is -2.57. The number of likely N-dealkylation sites (N-methyl/N-ethyl adjacent to an activating group) is 6. The Bertz CT molecular complexity index is 3890. The number of carbonyl (C=O) groups is 13. The van der Waals surface area contributed by atoms with Crippen LogP contribution in [0.3, 0.4) is 0 Å². The van der Waals surface area contributed by atoms with Crippen molar-refractivity contribution in [3.05, 3.63) is 116 Å². The molecule has 4 unspecified atom stereocenters. The number of aliphatic hydroxyl groups excluding tert-OH is 1. The van der Waals surface area contributed by atoms with Gasteiger partial charge in [-0.05, 0) is 210 Å². The van der Waals surface area contributed by atoms with Crippen LogP contribution in [0.5, 0.6) is 0 Å². The van der Waals surface area contributed by atoms with E-state index in [0.717, 1.165) is 11.1 Å². The molecule has 10 amide bonds. The first-order valence-electron chi connectivity index (χ1n) is 42.3. The molecule has 27 heteroatoms. The molecule has 0 heterocycles. The molecule has 0 radical (unpaired) electrons. The number of halogens is 2. The zero-order valence-electron chi connectivity index (χ0n) is 78.0. The highest BCUT2D eigenvalue weighted by Crippen LogP contribution is 2.31. The molecule has 0 saturated heterocycles. The fourth-order valence-corrected chi connectivity index (χ4v) is 13.9. The van der Waals surface area contributed by atoms with Crippen LogP contribution in [-0.2, 0) is 79.9 Å². The third kappa shape index (κ3) is 35.1. The molecule has 2 rings (SSSR count). The second-order valence-electron chi connectivity index (χ2n) is 35.2. The predicted octanol–water partition coefficient (Wildman–Crippen LogP) is 12.8. The van der Waals surface area contributed by atoms with E-state index in [1.54, 1.807) is 76.5 Å². The summed E-state index contributed by atoms with van der Waals surface area (Å²) in [5.41, 5.74) is 3.53. The molecular formula is C93H148Cl2N10O15. The molecule has 0 aliphatic carbocycles. The van der Waals surface area contributed by atoms with Crippen molar-refractivity contribution in [2.75, 3.05) is 55.4 Å². The largest absolute Gasteiger partial charge is 0.457 e. The van der Waals surface area contributed by atoms with E-state index in [1.165, 1.54) is 85.3 Å². The summed E-state index contributed by atoms with van der Waals surface area (Å²) in [7, 11) is 9.01. The van der Waals surface area contributed by atoms with E-state index in [9.17, 15) is 67.4 Å². The minimum atomic E-state index is -1.10. The van der Waals surface area contributed by atoms with Gasteiger partial charge in [-0.25, -0.2) is 0 Å². The summed E-state index contributed by atoms with van der Waals surface area (Å²) in [6, 6.07) is 6.19. The molecule has 5 N–H and O–H groups in total. The third-order valence-corrected chi connectivity index (χ3v) is 23.6. The van der Waals surface area contributed by atoms with Gasteiger partial charge in [-0.1, -0.05) is 168 Å². The van der Waals surface area contributed by atoms with Crippen LogP contribution >= 0.6 is 23.2 Å². The summed E-state index contributed by atoms with van der Waals surface area (Å²) in [5.74, 6) is -5.63. The summed E-state index contributed by atoms with van der Waals surface area (Å²) in [5, 5.41) is 22.7. The Balaban J connectivity index is 0.00000121. The van der Waals surface area contributed by atoms with Crippen LogP contribution < -0.4 is 21.3 Å². The molecule has 16 atom stereocenters. The van der Waals surface area contributed by atoms with E-state index in [2.05, 4.69) is 28.2 Å². The summed E-state index contributed by atoms with van der Waals surface area (Å²) in [6.45, 7) is 45.2. The summed E-state index contributed by atoms with van der Waals surface area (Å²) >= 11 is 12.2. The van der Waals surface area contributed by atoms with E-state index in [4.69, 9.17) is 27.9 Å². The molecule has 0 bridgehead atoms. The number of hydrogen-bond acceptors (Lipinski definition) is 15. The first-order chi connectivity index (χ1) is 55.6. The van der Waals surface area contributed by atoms with Crippen molar-refractivity contribution >= 4 is 99.8 Å². The van der Waals surface area contributed by atoms with Crippen molar-refractivity contribution in [1.29, 1.82) is 0 Å². The third-order valence-electron chi connectivity index (χ3n) is 23.1. The van der Waals surface area contributed by atoms with Crippen LogP contribution in [0, 0.1) is 52.8 Å². The zero-order chi connectivity index (χ0) is 92.6. The SMILES string of the molecule is C/C=C(\C)C(OC(=O)C(C)(C)C)[C@@H](C)C(C)C/C=C(\C)C(=O)N(C)[C@H](CC(C)C)C(=O)N[C@@H](C)C(=O)N(C)[C@H](Cc1ccc(Cl)cc1)C(=O)N(C)CC(=O)NC(C(C)=O)[C@@H](C)CC.C/C=C(\C)[C@@H](O)[C@@H](C)[C@@H](C)C/C=C(\C)C(=O)N(C)[C@H](CC(C)C)C(=O)N[C@@H](C)C(=O)N(C)[C@H](Cc1ccc(Cl)cc1)C(=O)N(C)CC(=O)NC(C(C)=O)[C@@H](C)CC. The Labute approximate surface area is 728 Å². The van der Waals surface area contributed by atoms with Gasteiger partial charge < -0.3 is 60.5 Å². The summed E-state index contributed by atoms with van der Waals surface area (Å²) < 4.78 is 5.99. The maximum atomic E-state index is 14.1. The van der Waals surface area contributed by atoms with Gasteiger partial charge >= 0.3 is 5.97 Å². The number of ether oxygens (including phenoxy) is 1. The molecule has 0 aromatic heterocycles. The van der Waals surface area contributed by atoms with Crippen LogP contribution in [0.1, 0.15) is 223 Å². The minimum absolute atomic E-state index is 0.0162. The number of amides is 10. The average Bonchev–Trinajstić information content (AvgIpc) is 0.841. The van der Waals surface area contributed by atoms with E-state index in [-0.39, 0.29) is 103 Å². The first-order valence-corrected chi connectivity index (χ1v) is 43.1. The summed E-state index contributed by atoms with van der Waals surface area (Å²) in [6.07, 6.45) is 9.79. The Morgan fingerprint density at radius 1 is 0.450 bits per heavy atom. The average molecular weight is 1720 g/mol. The maximum absolute atomic E-state index is 14.1. The molecule has 25 nitrogen and oxygen atoms in total. The molecule has 0 spiro atoms. The van der Waals surface area contributed by atoms with Gasteiger partial charge in [-0.2, -0.15) is 0 Å². The smallest absolute Gasteiger partial charge is 0.311 e. The molecule has 0 aliphatic rings. The molecule has 0 fully saturated rings. The Morgan fingerprint density at radius 2 is 0.775 bits per heavy atom. The number of ketones is 2. The topological polar surface area (TPSA) is 319 Å². The Morgan fingerprint density at radius 3 is 1.07 bits per heavy atom. The zero-order valence-corrected chi connectivity index (χ0v) is 79.5. The van der Waals surface area contributed by atoms with Gasteiger partial charge in [0, 0.05) is 76.3 Å². The van der Waals surface area contributed by atoms with Crippen LogP contribution in [-0.4, -0.2) is 227 Å². The van der Waals surface area contributed by atoms with E-state index in [0.29, 0.717) is 70.8 Å².